The van der Waals surface area contributed by atoms with E-state index in [0.717, 1.165) is 38.3 Å². The fraction of sp³-hybridized carbons (Fsp3) is 0.333. The van der Waals surface area contributed by atoms with Crippen molar-refractivity contribution in [1.82, 2.24) is 15.1 Å². The Hall–Kier alpha value is -2.70. The summed E-state index contributed by atoms with van der Waals surface area (Å²) >= 11 is 0. The number of aliphatic carboxylic acids is 1. The van der Waals surface area contributed by atoms with Crippen LogP contribution in [0.15, 0.2) is 54.6 Å². The maximum atomic E-state index is 12.5. The van der Waals surface area contributed by atoms with Crippen LogP contribution < -0.4 is 5.32 Å². The molecule has 1 aliphatic heterocycles. The standard InChI is InChI=1S/C21H25N3O3/c1-23-11-13-24(14-12-23)15-16-7-9-18(10-8-16)20(25)22-19(21(26)27)17-5-3-2-4-6-17/h2-10,19H,11-15H2,1H3,(H,22,25)(H,26,27)/t19-/m0/s1. The van der Waals surface area contributed by atoms with Crippen molar-refractivity contribution in [2.75, 3.05) is 33.2 Å². The smallest absolute Gasteiger partial charge is 0.330 e. The molecule has 0 bridgehead atoms. The van der Waals surface area contributed by atoms with Crippen LogP contribution in [-0.4, -0.2) is 60.0 Å². The fourth-order valence-corrected chi connectivity index (χ4v) is 3.17. The van der Waals surface area contributed by atoms with E-state index in [0.29, 0.717) is 11.1 Å². The Balaban J connectivity index is 1.62. The van der Waals surface area contributed by atoms with Crippen molar-refractivity contribution in [3.8, 4) is 0 Å². The molecular formula is C21H25N3O3. The largest absolute Gasteiger partial charge is 0.479 e. The monoisotopic (exact) mass is 367 g/mol. The lowest BCUT2D eigenvalue weighted by molar-refractivity contribution is -0.139. The first-order chi connectivity index (χ1) is 13.0. The molecule has 2 aromatic rings. The van der Waals surface area contributed by atoms with Crippen molar-refractivity contribution in [1.29, 1.82) is 0 Å². The minimum atomic E-state index is -1.08. The van der Waals surface area contributed by atoms with Crippen LogP contribution in [0.4, 0.5) is 0 Å². The molecule has 1 saturated heterocycles. The zero-order chi connectivity index (χ0) is 19.2. The van der Waals surface area contributed by atoms with Gasteiger partial charge in [0, 0.05) is 38.3 Å². The first-order valence-electron chi connectivity index (χ1n) is 9.11. The number of nitrogens with zero attached hydrogens (tertiary/aromatic N) is 2. The van der Waals surface area contributed by atoms with E-state index in [2.05, 4.69) is 22.2 Å². The quantitative estimate of drug-likeness (QED) is 0.817. The summed E-state index contributed by atoms with van der Waals surface area (Å²) < 4.78 is 0. The first-order valence-corrected chi connectivity index (χ1v) is 9.11. The molecule has 0 spiro atoms. The van der Waals surface area contributed by atoms with Gasteiger partial charge in [-0.25, -0.2) is 4.79 Å². The van der Waals surface area contributed by atoms with Crippen molar-refractivity contribution < 1.29 is 14.7 Å². The van der Waals surface area contributed by atoms with Gasteiger partial charge in [-0.3, -0.25) is 9.69 Å². The Morgan fingerprint density at radius 1 is 1.00 bits per heavy atom. The van der Waals surface area contributed by atoms with Crippen molar-refractivity contribution in [3.63, 3.8) is 0 Å². The number of carbonyl (C=O) groups excluding carboxylic acids is 1. The number of benzene rings is 2. The second kappa shape index (κ2) is 8.79. The maximum absolute atomic E-state index is 12.5. The summed E-state index contributed by atoms with van der Waals surface area (Å²) in [6.45, 7) is 5.07. The molecule has 1 amide bonds. The molecule has 2 aromatic carbocycles. The fourth-order valence-electron chi connectivity index (χ4n) is 3.17. The molecule has 1 fully saturated rings. The van der Waals surface area contributed by atoms with Gasteiger partial charge < -0.3 is 15.3 Å². The molecule has 0 saturated carbocycles. The highest BCUT2D eigenvalue weighted by atomic mass is 16.4. The summed E-state index contributed by atoms with van der Waals surface area (Å²) in [6, 6.07) is 15.0. The third kappa shape index (κ3) is 5.15. The SMILES string of the molecule is CN1CCN(Cc2ccc(C(=O)N[C@H](C(=O)O)c3ccccc3)cc2)CC1. The van der Waals surface area contributed by atoms with E-state index in [4.69, 9.17) is 0 Å². The Morgan fingerprint density at radius 2 is 1.63 bits per heavy atom. The predicted octanol–water partition coefficient (Wildman–Crippen LogP) is 1.99. The van der Waals surface area contributed by atoms with Gasteiger partial charge in [-0.05, 0) is 30.3 Å². The van der Waals surface area contributed by atoms with E-state index in [1.54, 1.807) is 36.4 Å². The summed E-state index contributed by atoms with van der Waals surface area (Å²) in [5, 5.41) is 12.0. The number of likely N-dealkylation sites (N-methyl/N-ethyl adjacent to an activating group) is 1. The third-order valence-corrected chi connectivity index (χ3v) is 4.87. The van der Waals surface area contributed by atoms with Crippen LogP contribution in [0.2, 0.25) is 0 Å². The molecule has 142 valence electrons. The molecule has 0 aliphatic carbocycles. The van der Waals surface area contributed by atoms with Gasteiger partial charge in [0.15, 0.2) is 6.04 Å². The first kappa shape index (κ1) is 19.1. The van der Waals surface area contributed by atoms with Gasteiger partial charge in [0.25, 0.3) is 5.91 Å². The zero-order valence-electron chi connectivity index (χ0n) is 15.5. The highest BCUT2D eigenvalue weighted by molar-refractivity contribution is 5.96. The Morgan fingerprint density at radius 3 is 2.22 bits per heavy atom. The summed E-state index contributed by atoms with van der Waals surface area (Å²) in [5.41, 5.74) is 2.15. The van der Waals surface area contributed by atoms with Crippen LogP contribution in [0, 0.1) is 0 Å². The average Bonchev–Trinajstić information content (AvgIpc) is 2.69. The van der Waals surface area contributed by atoms with Crippen molar-refractivity contribution in [2.24, 2.45) is 0 Å². The number of hydrogen-bond donors (Lipinski definition) is 2. The molecule has 1 heterocycles. The number of rotatable bonds is 6. The zero-order valence-corrected chi connectivity index (χ0v) is 15.5. The second-order valence-electron chi connectivity index (χ2n) is 6.93. The van der Waals surface area contributed by atoms with Gasteiger partial charge in [0.2, 0.25) is 0 Å². The molecule has 6 nitrogen and oxygen atoms in total. The van der Waals surface area contributed by atoms with E-state index in [1.165, 1.54) is 0 Å². The van der Waals surface area contributed by atoms with E-state index in [1.807, 2.05) is 18.2 Å². The number of carboxylic acid groups (broad SMARTS) is 1. The van der Waals surface area contributed by atoms with E-state index in [-0.39, 0.29) is 0 Å². The number of carboxylic acids is 1. The molecule has 27 heavy (non-hydrogen) atoms. The number of hydrogen-bond acceptors (Lipinski definition) is 4. The molecule has 0 unspecified atom stereocenters. The lowest BCUT2D eigenvalue weighted by Gasteiger charge is -2.32. The number of amides is 1. The topological polar surface area (TPSA) is 72.9 Å². The van der Waals surface area contributed by atoms with Crippen LogP contribution in [-0.2, 0) is 11.3 Å². The average molecular weight is 367 g/mol. The van der Waals surface area contributed by atoms with E-state index in [9.17, 15) is 14.7 Å². The number of carbonyl (C=O) groups is 2. The van der Waals surface area contributed by atoms with Crippen LogP contribution in [0.3, 0.4) is 0 Å². The van der Waals surface area contributed by atoms with Crippen molar-refractivity contribution >= 4 is 11.9 Å². The van der Waals surface area contributed by atoms with Crippen LogP contribution in [0.1, 0.15) is 27.5 Å². The predicted molar refractivity (Wildman–Crippen MR) is 104 cm³/mol. The summed E-state index contributed by atoms with van der Waals surface area (Å²) in [7, 11) is 2.13. The van der Waals surface area contributed by atoms with Gasteiger partial charge in [-0.1, -0.05) is 42.5 Å². The van der Waals surface area contributed by atoms with Gasteiger partial charge in [-0.2, -0.15) is 0 Å². The van der Waals surface area contributed by atoms with Crippen molar-refractivity contribution in [2.45, 2.75) is 12.6 Å². The van der Waals surface area contributed by atoms with Crippen LogP contribution >= 0.6 is 0 Å². The van der Waals surface area contributed by atoms with Crippen LogP contribution in [0.5, 0.6) is 0 Å². The summed E-state index contributed by atoms with van der Waals surface area (Å²) in [5.74, 6) is -1.47. The van der Waals surface area contributed by atoms with Crippen molar-refractivity contribution in [3.05, 3.63) is 71.3 Å². The lowest BCUT2D eigenvalue weighted by Crippen LogP contribution is -2.43. The molecule has 1 aliphatic rings. The van der Waals surface area contributed by atoms with Gasteiger partial charge >= 0.3 is 5.97 Å². The normalized spacial score (nSPS) is 16.6. The second-order valence-corrected chi connectivity index (χ2v) is 6.93. The maximum Gasteiger partial charge on any atom is 0.330 e. The van der Waals surface area contributed by atoms with Gasteiger partial charge in [0.05, 0.1) is 0 Å². The molecule has 1 atom stereocenters. The molecule has 6 heteroatoms. The highest BCUT2D eigenvalue weighted by Gasteiger charge is 2.22. The number of nitrogens with one attached hydrogen (secondary N) is 1. The van der Waals surface area contributed by atoms with E-state index >= 15 is 0 Å². The summed E-state index contributed by atoms with van der Waals surface area (Å²) in [6.07, 6.45) is 0. The molecule has 3 rings (SSSR count). The number of piperazine rings is 1. The van der Waals surface area contributed by atoms with Crippen LogP contribution in [0.25, 0.3) is 0 Å². The molecular weight excluding hydrogens is 342 g/mol. The Kier molecular flexibility index (Phi) is 6.21. The molecule has 0 aromatic heterocycles. The third-order valence-electron chi connectivity index (χ3n) is 4.87. The lowest BCUT2D eigenvalue weighted by atomic mass is 10.1. The Bertz CT molecular complexity index is 769. The minimum Gasteiger partial charge on any atom is -0.479 e. The minimum absolute atomic E-state index is 0.391. The summed E-state index contributed by atoms with van der Waals surface area (Å²) in [4.78, 5) is 28.7. The van der Waals surface area contributed by atoms with Gasteiger partial charge in [0.1, 0.15) is 0 Å². The molecule has 2 N–H and O–H groups in total. The van der Waals surface area contributed by atoms with Gasteiger partial charge in [-0.15, -0.1) is 0 Å². The Labute approximate surface area is 159 Å². The molecule has 0 radical (unpaired) electrons. The highest BCUT2D eigenvalue weighted by Crippen LogP contribution is 2.15. The van der Waals surface area contributed by atoms with E-state index < -0.39 is 17.9 Å².